The van der Waals surface area contributed by atoms with E-state index in [-0.39, 0.29) is 6.10 Å². The number of furan rings is 1. The van der Waals surface area contributed by atoms with Crippen molar-refractivity contribution in [2.24, 2.45) is 0 Å². The summed E-state index contributed by atoms with van der Waals surface area (Å²) in [5.41, 5.74) is 1.91. The number of hydrogen-bond donors (Lipinski definition) is 1. The maximum absolute atomic E-state index is 10.1. The number of ether oxygens (including phenoxy) is 1. The predicted octanol–water partition coefficient (Wildman–Crippen LogP) is 3.20. The van der Waals surface area contributed by atoms with Crippen LogP contribution in [0, 0.1) is 6.92 Å². The minimum atomic E-state index is -0.721. The second-order valence-electron chi connectivity index (χ2n) is 4.25. The van der Waals surface area contributed by atoms with Gasteiger partial charge in [-0.15, -0.1) is 0 Å². The van der Waals surface area contributed by atoms with E-state index >= 15 is 0 Å². The van der Waals surface area contributed by atoms with Crippen LogP contribution in [0.3, 0.4) is 0 Å². The summed E-state index contributed by atoms with van der Waals surface area (Å²) in [4.78, 5) is 0. The maximum Gasteiger partial charge on any atom is 0.137 e. The molecule has 1 heterocycles. The van der Waals surface area contributed by atoms with Crippen molar-refractivity contribution in [3.05, 3.63) is 35.6 Å². The SMILES string of the molecule is CCOC(C)C(O)c1cc2cccc(C)c2o1. The molecule has 0 spiro atoms. The normalized spacial score (nSPS) is 15.1. The number of rotatable bonds is 4. The van der Waals surface area contributed by atoms with Gasteiger partial charge in [-0.2, -0.15) is 0 Å². The van der Waals surface area contributed by atoms with E-state index in [0.29, 0.717) is 12.4 Å². The number of aryl methyl sites for hydroxylation is 1. The molecule has 92 valence electrons. The molecule has 1 aromatic carbocycles. The van der Waals surface area contributed by atoms with Gasteiger partial charge in [0.25, 0.3) is 0 Å². The second-order valence-corrected chi connectivity index (χ2v) is 4.25. The molecular weight excluding hydrogens is 216 g/mol. The fraction of sp³-hybridized carbons (Fsp3) is 0.429. The first-order valence-electron chi connectivity index (χ1n) is 5.92. The fourth-order valence-corrected chi connectivity index (χ4v) is 1.96. The molecule has 2 unspecified atom stereocenters. The van der Waals surface area contributed by atoms with Crippen LogP contribution in [0.1, 0.15) is 31.3 Å². The highest BCUT2D eigenvalue weighted by atomic mass is 16.5. The van der Waals surface area contributed by atoms with Gasteiger partial charge in [-0.05, 0) is 32.4 Å². The van der Waals surface area contributed by atoms with Crippen molar-refractivity contribution < 1.29 is 14.3 Å². The Morgan fingerprint density at radius 1 is 1.41 bits per heavy atom. The average Bonchev–Trinajstić information content (AvgIpc) is 2.73. The van der Waals surface area contributed by atoms with Crippen molar-refractivity contribution in [3.8, 4) is 0 Å². The molecule has 0 aliphatic rings. The lowest BCUT2D eigenvalue weighted by molar-refractivity contribution is -0.0312. The predicted molar refractivity (Wildman–Crippen MR) is 67.0 cm³/mol. The van der Waals surface area contributed by atoms with E-state index in [0.717, 1.165) is 16.5 Å². The van der Waals surface area contributed by atoms with Gasteiger partial charge in [-0.25, -0.2) is 0 Å². The summed E-state index contributed by atoms with van der Waals surface area (Å²) in [5.74, 6) is 0.565. The monoisotopic (exact) mass is 234 g/mol. The van der Waals surface area contributed by atoms with E-state index in [1.807, 2.05) is 45.0 Å². The fourth-order valence-electron chi connectivity index (χ4n) is 1.96. The van der Waals surface area contributed by atoms with Crippen LogP contribution in [0.4, 0.5) is 0 Å². The third-order valence-corrected chi connectivity index (χ3v) is 2.93. The molecule has 3 heteroatoms. The molecule has 3 nitrogen and oxygen atoms in total. The minimum Gasteiger partial charge on any atom is -0.458 e. The van der Waals surface area contributed by atoms with Crippen LogP contribution in [-0.4, -0.2) is 17.8 Å². The summed E-state index contributed by atoms with van der Waals surface area (Å²) in [6.07, 6.45) is -0.984. The third kappa shape index (κ3) is 2.35. The highest BCUT2D eigenvalue weighted by Gasteiger charge is 2.20. The van der Waals surface area contributed by atoms with Crippen LogP contribution >= 0.6 is 0 Å². The average molecular weight is 234 g/mol. The third-order valence-electron chi connectivity index (χ3n) is 2.93. The van der Waals surface area contributed by atoms with Crippen LogP contribution < -0.4 is 0 Å². The molecule has 0 bridgehead atoms. The molecule has 0 saturated carbocycles. The Labute approximate surface area is 101 Å². The van der Waals surface area contributed by atoms with Crippen LogP contribution in [0.25, 0.3) is 11.0 Å². The van der Waals surface area contributed by atoms with Crippen molar-refractivity contribution in [3.63, 3.8) is 0 Å². The van der Waals surface area contributed by atoms with Crippen molar-refractivity contribution in [1.82, 2.24) is 0 Å². The van der Waals surface area contributed by atoms with Crippen molar-refractivity contribution in [2.75, 3.05) is 6.61 Å². The Bertz CT molecular complexity index is 501. The number of hydrogen-bond acceptors (Lipinski definition) is 3. The molecule has 1 N–H and O–H groups in total. The number of para-hydroxylation sites is 1. The number of fused-ring (bicyclic) bond motifs is 1. The van der Waals surface area contributed by atoms with Crippen LogP contribution in [-0.2, 0) is 4.74 Å². The van der Waals surface area contributed by atoms with E-state index in [1.54, 1.807) is 0 Å². The summed E-state index contributed by atoms with van der Waals surface area (Å²) < 4.78 is 11.1. The number of aliphatic hydroxyl groups is 1. The highest BCUT2D eigenvalue weighted by molar-refractivity contribution is 5.80. The molecule has 0 aliphatic heterocycles. The Morgan fingerprint density at radius 3 is 2.82 bits per heavy atom. The minimum absolute atomic E-state index is 0.263. The van der Waals surface area contributed by atoms with Gasteiger partial charge in [0.05, 0.1) is 6.10 Å². The second kappa shape index (κ2) is 4.90. The zero-order valence-electron chi connectivity index (χ0n) is 10.4. The quantitative estimate of drug-likeness (QED) is 0.883. The van der Waals surface area contributed by atoms with E-state index in [4.69, 9.17) is 9.15 Å². The molecule has 17 heavy (non-hydrogen) atoms. The van der Waals surface area contributed by atoms with E-state index in [2.05, 4.69) is 0 Å². The Hall–Kier alpha value is -1.32. The van der Waals surface area contributed by atoms with Gasteiger partial charge < -0.3 is 14.3 Å². The number of aliphatic hydroxyl groups excluding tert-OH is 1. The summed E-state index contributed by atoms with van der Waals surface area (Å²) in [6.45, 7) is 6.33. The van der Waals surface area contributed by atoms with Gasteiger partial charge in [0.15, 0.2) is 0 Å². The zero-order valence-corrected chi connectivity index (χ0v) is 10.4. The van der Waals surface area contributed by atoms with Gasteiger partial charge in [-0.1, -0.05) is 18.2 Å². The highest BCUT2D eigenvalue weighted by Crippen LogP contribution is 2.28. The van der Waals surface area contributed by atoms with Crippen LogP contribution in [0.2, 0.25) is 0 Å². The molecule has 0 amide bonds. The zero-order chi connectivity index (χ0) is 12.4. The lowest BCUT2D eigenvalue weighted by Crippen LogP contribution is -2.18. The van der Waals surface area contributed by atoms with Crippen LogP contribution in [0.5, 0.6) is 0 Å². The standard InChI is InChI=1S/C14H18O3/c1-4-16-10(3)13(15)12-8-11-7-5-6-9(2)14(11)17-12/h5-8,10,13,15H,4H2,1-3H3. The molecule has 2 rings (SSSR count). The molecule has 0 fully saturated rings. The van der Waals surface area contributed by atoms with Crippen LogP contribution in [0.15, 0.2) is 28.7 Å². The molecular formula is C14H18O3. The lowest BCUT2D eigenvalue weighted by Gasteiger charge is -2.16. The molecule has 0 saturated heterocycles. The van der Waals surface area contributed by atoms with E-state index in [1.165, 1.54) is 0 Å². The first-order valence-corrected chi connectivity index (χ1v) is 5.92. The van der Waals surface area contributed by atoms with Crippen molar-refractivity contribution in [2.45, 2.75) is 33.0 Å². The number of benzene rings is 1. The topological polar surface area (TPSA) is 42.6 Å². The summed E-state index contributed by atoms with van der Waals surface area (Å²) in [5, 5.41) is 11.1. The van der Waals surface area contributed by atoms with E-state index in [9.17, 15) is 5.11 Å². The summed E-state index contributed by atoms with van der Waals surface area (Å²) >= 11 is 0. The van der Waals surface area contributed by atoms with Gasteiger partial charge in [0.1, 0.15) is 17.4 Å². The molecule has 0 aliphatic carbocycles. The van der Waals surface area contributed by atoms with Gasteiger partial charge in [-0.3, -0.25) is 0 Å². The molecule has 2 aromatic rings. The smallest absolute Gasteiger partial charge is 0.137 e. The Morgan fingerprint density at radius 2 is 2.18 bits per heavy atom. The Kier molecular flexibility index (Phi) is 3.50. The first kappa shape index (κ1) is 12.1. The Balaban J connectivity index is 2.33. The summed E-state index contributed by atoms with van der Waals surface area (Å²) in [7, 11) is 0. The van der Waals surface area contributed by atoms with Gasteiger partial charge in [0.2, 0.25) is 0 Å². The molecule has 1 aromatic heterocycles. The first-order chi connectivity index (χ1) is 8.13. The van der Waals surface area contributed by atoms with Gasteiger partial charge in [0, 0.05) is 12.0 Å². The van der Waals surface area contributed by atoms with E-state index < -0.39 is 6.10 Å². The molecule has 0 radical (unpaired) electrons. The maximum atomic E-state index is 10.1. The lowest BCUT2D eigenvalue weighted by atomic mass is 10.1. The van der Waals surface area contributed by atoms with Crippen molar-refractivity contribution >= 4 is 11.0 Å². The van der Waals surface area contributed by atoms with Gasteiger partial charge >= 0.3 is 0 Å². The van der Waals surface area contributed by atoms with Crippen molar-refractivity contribution in [1.29, 1.82) is 0 Å². The molecule has 2 atom stereocenters. The summed E-state index contributed by atoms with van der Waals surface area (Å²) in [6, 6.07) is 7.83. The largest absolute Gasteiger partial charge is 0.458 e.